The Labute approximate surface area is 199 Å². The molecule has 34 heavy (non-hydrogen) atoms. The standard InChI is InChI=1S/C27H30FN5O/c1-5-32(6-2)20-13-9-18(10-14-20)25-30-26-29-21-15-27(3,4)16-22(34)23(21)24(33(26)31-25)17-7-11-19(28)12-8-17/h7-14,24H,5-6,15-16H2,1-4H3,(H,29,30,31). The summed E-state index contributed by atoms with van der Waals surface area (Å²) in [7, 11) is 0. The number of hydrogen-bond donors (Lipinski definition) is 1. The molecule has 2 aliphatic rings. The summed E-state index contributed by atoms with van der Waals surface area (Å²) in [6, 6.07) is 14.1. The fourth-order valence-corrected chi connectivity index (χ4v) is 5.09. The smallest absolute Gasteiger partial charge is 0.226 e. The molecule has 6 nitrogen and oxygen atoms in total. The molecule has 0 spiro atoms. The number of nitrogens with zero attached hydrogens (tertiary/aromatic N) is 4. The van der Waals surface area contributed by atoms with E-state index in [1.807, 2.05) is 12.1 Å². The molecule has 1 atom stereocenters. The average Bonchev–Trinajstić information content (AvgIpc) is 3.22. The van der Waals surface area contributed by atoms with Gasteiger partial charge in [0.15, 0.2) is 11.6 Å². The van der Waals surface area contributed by atoms with Crippen LogP contribution in [0.15, 0.2) is 59.8 Å². The van der Waals surface area contributed by atoms with Crippen molar-refractivity contribution in [1.82, 2.24) is 14.8 Å². The Kier molecular flexibility index (Phi) is 5.50. The van der Waals surface area contributed by atoms with Crippen LogP contribution in [0.1, 0.15) is 52.1 Å². The van der Waals surface area contributed by atoms with Gasteiger partial charge in [0.05, 0.1) is 0 Å². The topological polar surface area (TPSA) is 63.1 Å². The number of ketones is 1. The van der Waals surface area contributed by atoms with Gasteiger partial charge in [-0.15, -0.1) is 5.10 Å². The molecule has 0 bridgehead atoms. The Balaban J connectivity index is 1.58. The maximum absolute atomic E-state index is 13.7. The van der Waals surface area contributed by atoms with Crippen molar-refractivity contribution < 1.29 is 9.18 Å². The number of Topliss-reactive ketones (excluding diaryl/α,β-unsaturated/α-hetero) is 1. The first-order chi connectivity index (χ1) is 16.3. The maximum Gasteiger partial charge on any atom is 0.226 e. The normalized spacial score (nSPS) is 18.9. The monoisotopic (exact) mass is 459 g/mol. The number of fused-ring (bicyclic) bond motifs is 1. The average molecular weight is 460 g/mol. The Hall–Kier alpha value is -3.48. The molecule has 2 aromatic carbocycles. The fraction of sp³-hybridized carbons (Fsp3) is 0.370. The second-order valence-electron chi connectivity index (χ2n) is 9.84. The van der Waals surface area contributed by atoms with Gasteiger partial charge in [0.1, 0.15) is 11.9 Å². The number of aromatic nitrogens is 3. The molecule has 1 aromatic heterocycles. The van der Waals surface area contributed by atoms with E-state index in [2.05, 4.69) is 50.0 Å². The molecule has 2 heterocycles. The van der Waals surface area contributed by atoms with Gasteiger partial charge >= 0.3 is 0 Å². The summed E-state index contributed by atoms with van der Waals surface area (Å²) in [6.45, 7) is 10.4. The number of hydrogen-bond acceptors (Lipinski definition) is 5. The van der Waals surface area contributed by atoms with E-state index in [9.17, 15) is 9.18 Å². The van der Waals surface area contributed by atoms with Crippen LogP contribution in [0.3, 0.4) is 0 Å². The van der Waals surface area contributed by atoms with Crippen molar-refractivity contribution in [3.63, 3.8) is 0 Å². The van der Waals surface area contributed by atoms with Gasteiger partial charge in [0.25, 0.3) is 0 Å². The number of anilines is 2. The van der Waals surface area contributed by atoms with Crippen molar-refractivity contribution in [2.75, 3.05) is 23.3 Å². The highest BCUT2D eigenvalue weighted by atomic mass is 19.1. The van der Waals surface area contributed by atoms with Gasteiger partial charge in [-0.1, -0.05) is 26.0 Å². The van der Waals surface area contributed by atoms with Crippen LogP contribution in [0.4, 0.5) is 16.0 Å². The Morgan fingerprint density at radius 2 is 1.74 bits per heavy atom. The molecule has 0 amide bonds. The van der Waals surface area contributed by atoms with E-state index in [0.29, 0.717) is 23.8 Å². The summed E-state index contributed by atoms with van der Waals surface area (Å²) >= 11 is 0. The lowest BCUT2D eigenvalue weighted by Gasteiger charge is -2.38. The zero-order valence-corrected chi connectivity index (χ0v) is 20.1. The third-order valence-electron chi connectivity index (χ3n) is 6.77. The van der Waals surface area contributed by atoms with Gasteiger partial charge in [0, 0.05) is 42.0 Å². The number of carbonyl (C=O) groups is 1. The minimum Gasteiger partial charge on any atom is -0.372 e. The predicted molar refractivity (Wildman–Crippen MR) is 132 cm³/mol. The lowest BCUT2D eigenvalue weighted by molar-refractivity contribution is -0.118. The number of rotatable bonds is 5. The number of benzene rings is 2. The van der Waals surface area contributed by atoms with Gasteiger partial charge < -0.3 is 10.2 Å². The van der Waals surface area contributed by atoms with Crippen LogP contribution in [0.5, 0.6) is 0 Å². The van der Waals surface area contributed by atoms with E-state index >= 15 is 0 Å². The summed E-state index contributed by atoms with van der Waals surface area (Å²) in [6.07, 6.45) is 1.21. The molecule has 3 aromatic rings. The van der Waals surface area contributed by atoms with Gasteiger partial charge in [-0.2, -0.15) is 4.98 Å². The Morgan fingerprint density at radius 1 is 1.06 bits per heavy atom. The fourth-order valence-electron chi connectivity index (χ4n) is 5.09. The molecule has 1 aliphatic heterocycles. The zero-order valence-electron chi connectivity index (χ0n) is 20.1. The first-order valence-electron chi connectivity index (χ1n) is 11.9. The van der Waals surface area contributed by atoms with Crippen molar-refractivity contribution >= 4 is 17.4 Å². The van der Waals surface area contributed by atoms with E-state index in [4.69, 9.17) is 10.1 Å². The van der Waals surface area contributed by atoms with Gasteiger partial charge in [-0.25, -0.2) is 9.07 Å². The molecule has 0 fully saturated rings. The summed E-state index contributed by atoms with van der Waals surface area (Å²) in [5, 5.41) is 8.23. The summed E-state index contributed by atoms with van der Waals surface area (Å²) in [5.41, 5.74) is 4.33. The molecule has 176 valence electrons. The highest BCUT2D eigenvalue weighted by Crippen LogP contribution is 2.45. The largest absolute Gasteiger partial charge is 0.372 e. The summed E-state index contributed by atoms with van der Waals surface area (Å²) in [4.78, 5) is 20.4. The lowest BCUT2D eigenvalue weighted by atomic mass is 9.73. The summed E-state index contributed by atoms with van der Waals surface area (Å²) < 4.78 is 15.5. The third kappa shape index (κ3) is 3.89. The second-order valence-corrected chi connectivity index (χ2v) is 9.84. The number of carbonyl (C=O) groups excluding carboxylic acids is 1. The molecular formula is C27H30FN5O. The van der Waals surface area contributed by atoms with E-state index in [1.54, 1.807) is 16.8 Å². The molecular weight excluding hydrogens is 429 g/mol. The SMILES string of the molecule is CCN(CC)c1ccc(-c2nc3n(n2)C(c2ccc(F)cc2)C2=C(CC(C)(C)CC2=O)N3)cc1. The van der Waals surface area contributed by atoms with Gasteiger partial charge in [-0.05, 0) is 67.6 Å². The summed E-state index contributed by atoms with van der Waals surface area (Å²) in [5.74, 6) is 0.976. The molecule has 0 saturated heterocycles. The molecule has 1 N–H and O–H groups in total. The van der Waals surface area contributed by atoms with Crippen LogP contribution in [-0.2, 0) is 4.79 Å². The number of nitrogens with one attached hydrogen (secondary N) is 1. The molecule has 7 heteroatoms. The minimum atomic E-state index is -0.438. The van der Waals surface area contributed by atoms with Crippen LogP contribution in [0.2, 0.25) is 0 Å². The molecule has 5 rings (SSSR count). The van der Waals surface area contributed by atoms with E-state index in [-0.39, 0.29) is 17.0 Å². The minimum absolute atomic E-state index is 0.0966. The third-order valence-corrected chi connectivity index (χ3v) is 6.77. The van der Waals surface area contributed by atoms with Crippen molar-refractivity contribution in [3.05, 3.63) is 71.2 Å². The van der Waals surface area contributed by atoms with Crippen molar-refractivity contribution in [2.24, 2.45) is 5.41 Å². The highest BCUT2D eigenvalue weighted by molar-refractivity contribution is 6.00. The van der Waals surface area contributed by atoms with E-state index in [0.717, 1.165) is 42.0 Å². The van der Waals surface area contributed by atoms with Crippen molar-refractivity contribution in [1.29, 1.82) is 0 Å². The van der Waals surface area contributed by atoms with Crippen LogP contribution >= 0.6 is 0 Å². The second kappa shape index (κ2) is 8.38. The Morgan fingerprint density at radius 3 is 2.38 bits per heavy atom. The van der Waals surface area contributed by atoms with Gasteiger partial charge in [-0.3, -0.25) is 4.79 Å². The molecule has 0 radical (unpaired) electrons. The number of allylic oxidation sites excluding steroid dienone is 2. The van der Waals surface area contributed by atoms with Gasteiger partial charge in [0.2, 0.25) is 5.95 Å². The van der Waals surface area contributed by atoms with Crippen LogP contribution in [0, 0.1) is 11.2 Å². The first kappa shape index (κ1) is 22.3. The zero-order chi connectivity index (χ0) is 24.0. The van der Waals surface area contributed by atoms with E-state index < -0.39 is 6.04 Å². The van der Waals surface area contributed by atoms with Crippen molar-refractivity contribution in [3.8, 4) is 11.4 Å². The molecule has 1 unspecified atom stereocenters. The number of halogens is 1. The Bertz CT molecular complexity index is 1250. The molecule has 1 aliphatic carbocycles. The van der Waals surface area contributed by atoms with Crippen LogP contribution < -0.4 is 10.2 Å². The molecule has 0 saturated carbocycles. The van der Waals surface area contributed by atoms with Crippen LogP contribution in [0.25, 0.3) is 11.4 Å². The first-order valence-corrected chi connectivity index (χ1v) is 11.9. The van der Waals surface area contributed by atoms with E-state index in [1.165, 1.54) is 12.1 Å². The highest BCUT2D eigenvalue weighted by Gasteiger charge is 2.41. The van der Waals surface area contributed by atoms with Crippen LogP contribution in [-0.4, -0.2) is 33.6 Å². The quantitative estimate of drug-likeness (QED) is 0.539. The predicted octanol–water partition coefficient (Wildman–Crippen LogP) is 5.59. The van der Waals surface area contributed by atoms with Crippen molar-refractivity contribution in [2.45, 2.75) is 46.6 Å². The maximum atomic E-state index is 13.7. The lowest BCUT2D eigenvalue weighted by Crippen LogP contribution is -2.36.